The Morgan fingerprint density at radius 3 is 2.41 bits per heavy atom. The van der Waals surface area contributed by atoms with Crippen molar-refractivity contribution < 1.29 is 28.9 Å². The van der Waals surface area contributed by atoms with Gasteiger partial charge in [0.15, 0.2) is 6.04 Å². The van der Waals surface area contributed by atoms with Crippen molar-refractivity contribution in [3.63, 3.8) is 0 Å². The number of carbonyl (C=O) groups excluding carboxylic acids is 1. The minimum Gasteiger partial charge on any atom is -0.495 e. The zero-order chi connectivity index (χ0) is 16.3. The quantitative estimate of drug-likeness (QED) is 0.858. The third-order valence-corrected chi connectivity index (χ3v) is 4.15. The fourth-order valence-corrected chi connectivity index (χ4v) is 2.76. The number of carbonyl (C=O) groups is 2. The molecule has 1 fully saturated rings. The van der Waals surface area contributed by atoms with Crippen LogP contribution in [0.15, 0.2) is 16.6 Å². The number of amides is 1. The molecular formula is C14H16BrNO6. The van der Waals surface area contributed by atoms with Crippen LogP contribution >= 0.6 is 15.9 Å². The molecule has 0 radical (unpaired) electrons. The number of hydrogen-bond acceptors (Lipinski definition) is 5. The highest BCUT2D eigenvalue weighted by atomic mass is 79.9. The predicted octanol–water partition coefficient (Wildman–Crippen LogP) is 1.39. The summed E-state index contributed by atoms with van der Waals surface area (Å²) in [6.45, 7) is 0.503. The van der Waals surface area contributed by atoms with Gasteiger partial charge in [0.05, 0.1) is 27.4 Å². The van der Waals surface area contributed by atoms with E-state index in [2.05, 4.69) is 15.9 Å². The Labute approximate surface area is 135 Å². The number of halogens is 1. The number of benzene rings is 1. The Morgan fingerprint density at radius 1 is 1.32 bits per heavy atom. The van der Waals surface area contributed by atoms with Crippen molar-refractivity contribution in [2.75, 3.05) is 34.0 Å². The van der Waals surface area contributed by atoms with Crippen LogP contribution in [0.1, 0.15) is 10.4 Å². The lowest BCUT2D eigenvalue weighted by Crippen LogP contribution is -2.52. The monoisotopic (exact) mass is 373 g/mol. The molecule has 1 aromatic rings. The maximum absolute atomic E-state index is 12.6. The molecule has 1 atom stereocenters. The zero-order valence-electron chi connectivity index (χ0n) is 12.2. The number of aliphatic carboxylic acids is 1. The van der Waals surface area contributed by atoms with E-state index in [9.17, 15) is 14.7 Å². The molecule has 7 nitrogen and oxygen atoms in total. The average molecular weight is 374 g/mol. The molecule has 1 N–H and O–H groups in total. The van der Waals surface area contributed by atoms with E-state index in [-0.39, 0.29) is 13.2 Å². The second-order valence-electron chi connectivity index (χ2n) is 4.62. The van der Waals surface area contributed by atoms with E-state index < -0.39 is 17.9 Å². The van der Waals surface area contributed by atoms with Gasteiger partial charge in [-0.05, 0) is 28.1 Å². The number of carboxylic acid groups (broad SMARTS) is 1. The van der Waals surface area contributed by atoms with Crippen LogP contribution in [0.3, 0.4) is 0 Å². The molecule has 22 heavy (non-hydrogen) atoms. The summed E-state index contributed by atoms with van der Waals surface area (Å²) in [6.07, 6.45) is 0. The highest BCUT2D eigenvalue weighted by Gasteiger charge is 2.33. The third kappa shape index (κ3) is 3.17. The van der Waals surface area contributed by atoms with Gasteiger partial charge in [-0.2, -0.15) is 0 Å². The number of methoxy groups -OCH3 is 2. The van der Waals surface area contributed by atoms with Gasteiger partial charge in [0, 0.05) is 12.1 Å². The number of hydrogen-bond donors (Lipinski definition) is 1. The van der Waals surface area contributed by atoms with E-state index in [1.807, 2.05) is 0 Å². The molecule has 8 heteroatoms. The van der Waals surface area contributed by atoms with E-state index in [4.69, 9.17) is 14.2 Å². The summed E-state index contributed by atoms with van der Waals surface area (Å²) in [6, 6.07) is 2.09. The number of carboxylic acids is 1. The standard InChI is InChI=1S/C14H16BrNO6/c1-20-10-5-8(6-11(21-2)12(10)15)13(17)16-3-4-22-7-9(16)14(18)19/h5-6,9H,3-4,7H2,1-2H3,(H,18,19). The summed E-state index contributed by atoms with van der Waals surface area (Å²) in [5.74, 6) is -0.630. The van der Waals surface area contributed by atoms with Gasteiger partial charge >= 0.3 is 5.97 Å². The summed E-state index contributed by atoms with van der Waals surface area (Å²) in [7, 11) is 2.95. The van der Waals surface area contributed by atoms with Crippen LogP contribution in [0, 0.1) is 0 Å². The van der Waals surface area contributed by atoms with E-state index >= 15 is 0 Å². The molecule has 1 amide bonds. The fourth-order valence-electron chi connectivity index (χ4n) is 2.21. The van der Waals surface area contributed by atoms with Crippen LogP contribution < -0.4 is 9.47 Å². The van der Waals surface area contributed by atoms with Gasteiger partial charge in [-0.3, -0.25) is 4.79 Å². The summed E-state index contributed by atoms with van der Waals surface area (Å²) in [5.41, 5.74) is 0.296. The van der Waals surface area contributed by atoms with Crippen LogP contribution in [0.4, 0.5) is 0 Å². The Morgan fingerprint density at radius 2 is 1.91 bits per heavy atom. The van der Waals surface area contributed by atoms with E-state index in [0.29, 0.717) is 28.1 Å². The number of nitrogens with zero attached hydrogens (tertiary/aromatic N) is 1. The first kappa shape index (κ1) is 16.6. The smallest absolute Gasteiger partial charge is 0.328 e. The summed E-state index contributed by atoms with van der Waals surface area (Å²) >= 11 is 3.33. The van der Waals surface area contributed by atoms with Crippen molar-refractivity contribution in [2.24, 2.45) is 0 Å². The number of rotatable bonds is 4. The van der Waals surface area contributed by atoms with Crippen LogP contribution in [0.25, 0.3) is 0 Å². The molecule has 1 aliphatic rings. The van der Waals surface area contributed by atoms with Gasteiger partial charge in [-0.25, -0.2) is 4.79 Å². The van der Waals surface area contributed by atoms with Crippen molar-refractivity contribution in [3.05, 3.63) is 22.2 Å². The lowest BCUT2D eigenvalue weighted by atomic mass is 10.1. The first-order valence-electron chi connectivity index (χ1n) is 6.52. The minimum atomic E-state index is -1.09. The van der Waals surface area contributed by atoms with Gasteiger partial charge < -0.3 is 24.2 Å². The molecule has 0 spiro atoms. The summed E-state index contributed by atoms with van der Waals surface area (Å²) in [5, 5.41) is 9.22. The molecular weight excluding hydrogens is 358 g/mol. The van der Waals surface area contributed by atoms with Crippen LogP contribution in [-0.4, -0.2) is 61.9 Å². The Kier molecular flexibility index (Phi) is 5.25. The highest BCUT2D eigenvalue weighted by Crippen LogP contribution is 2.36. The summed E-state index contributed by atoms with van der Waals surface area (Å²) < 4.78 is 16.1. The Bertz CT molecular complexity index is 566. The molecule has 1 aromatic carbocycles. The van der Waals surface area contributed by atoms with Crippen molar-refractivity contribution in [1.82, 2.24) is 4.90 Å². The molecule has 1 heterocycles. The topological polar surface area (TPSA) is 85.3 Å². The third-order valence-electron chi connectivity index (χ3n) is 3.37. The second-order valence-corrected chi connectivity index (χ2v) is 5.42. The molecule has 120 valence electrons. The maximum atomic E-state index is 12.6. The second kappa shape index (κ2) is 6.97. The van der Waals surface area contributed by atoms with Gasteiger partial charge in [-0.1, -0.05) is 0 Å². The zero-order valence-corrected chi connectivity index (χ0v) is 13.8. The minimum absolute atomic E-state index is 0.0220. The number of morpholine rings is 1. The average Bonchev–Trinajstić information content (AvgIpc) is 2.54. The van der Waals surface area contributed by atoms with Crippen LogP contribution in [0.5, 0.6) is 11.5 Å². The van der Waals surface area contributed by atoms with Crippen LogP contribution in [-0.2, 0) is 9.53 Å². The van der Waals surface area contributed by atoms with Crippen LogP contribution in [0.2, 0.25) is 0 Å². The van der Waals surface area contributed by atoms with Crippen molar-refractivity contribution in [1.29, 1.82) is 0 Å². The Balaban J connectivity index is 2.37. The lowest BCUT2D eigenvalue weighted by molar-refractivity contribution is -0.147. The van der Waals surface area contributed by atoms with Crippen molar-refractivity contribution in [2.45, 2.75) is 6.04 Å². The first-order valence-corrected chi connectivity index (χ1v) is 7.32. The van der Waals surface area contributed by atoms with Crippen molar-refractivity contribution in [3.8, 4) is 11.5 Å². The Hall–Kier alpha value is -1.80. The molecule has 1 saturated heterocycles. The van der Waals surface area contributed by atoms with E-state index in [0.717, 1.165) is 0 Å². The highest BCUT2D eigenvalue weighted by molar-refractivity contribution is 9.10. The van der Waals surface area contributed by atoms with Gasteiger partial charge in [0.25, 0.3) is 5.91 Å². The molecule has 2 rings (SSSR count). The number of ether oxygens (including phenoxy) is 3. The van der Waals surface area contributed by atoms with Gasteiger partial charge in [0.1, 0.15) is 16.0 Å². The summed E-state index contributed by atoms with van der Waals surface area (Å²) in [4.78, 5) is 25.2. The van der Waals surface area contributed by atoms with Gasteiger partial charge in [-0.15, -0.1) is 0 Å². The maximum Gasteiger partial charge on any atom is 0.328 e. The molecule has 0 aromatic heterocycles. The molecule has 1 unspecified atom stereocenters. The molecule has 0 aliphatic carbocycles. The van der Waals surface area contributed by atoms with E-state index in [1.165, 1.54) is 19.1 Å². The van der Waals surface area contributed by atoms with Gasteiger partial charge in [0.2, 0.25) is 0 Å². The molecule has 0 saturated carbocycles. The predicted molar refractivity (Wildman–Crippen MR) is 80.5 cm³/mol. The normalized spacial score (nSPS) is 18.0. The SMILES string of the molecule is COc1cc(C(=O)N2CCOCC2C(=O)O)cc(OC)c1Br. The first-order chi connectivity index (χ1) is 10.5. The molecule has 0 bridgehead atoms. The largest absolute Gasteiger partial charge is 0.495 e. The lowest BCUT2D eigenvalue weighted by Gasteiger charge is -2.33. The molecule has 1 aliphatic heterocycles. The van der Waals surface area contributed by atoms with E-state index in [1.54, 1.807) is 12.1 Å². The van der Waals surface area contributed by atoms with Crippen molar-refractivity contribution >= 4 is 27.8 Å². The fraction of sp³-hybridized carbons (Fsp3) is 0.429.